The van der Waals surface area contributed by atoms with Crippen LogP contribution >= 0.6 is 35.3 Å². The Labute approximate surface area is 322 Å². The van der Waals surface area contributed by atoms with Gasteiger partial charge in [-0.1, -0.05) is 93.0 Å². The number of thiazole rings is 1. The number of halogens is 2. The average molecular weight is 776 g/mol. The number of nitrogens with zero attached hydrogens (tertiary/aromatic N) is 2. The summed E-state index contributed by atoms with van der Waals surface area (Å²) in [6, 6.07) is 27.8. The summed E-state index contributed by atoms with van der Waals surface area (Å²) in [5.74, 6) is -0.252. The van der Waals surface area contributed by atoms with Crippen molar-refractivity contribution < 1.29 is 14.0 Å². The summed E-state index contributed by atoms with van der Waals surface area (Å²) >= 11 is 7.70. The molecule has 8 nitrogen and oxygen atoms in total. The Morgan fingerprint density at radius 3 is 2.31 bits per heavy atom. The molecule has 1 aliphatic heterocycles. The Morgan fingerprint density at radius 2 is 1.63 bits per heavy atom. The SMILES string of the molecule is CN1CCc2nc(C(=O)NC3CC(C(O[Si](c4ccccc4)c4ccccc4)C(C)(C)C)CCC3NC(=O)c3cc4cc(Cl)ccc4[nH]3)sc2C1.Cl. The highest BCUT2D eigenvalue weighted by Crippen LogP contribution is 2.38. The molecule has 12 heteroatoms. The Morgan fingerprint density at radius 1 is 0.962 bits per heavy atom. The Bertz CT molecular complexity index is 1960. The fraction of sp³-hybridized carbons (Fsp3) is 0.375. The number of likely N-dealkylation sites (N-methyl/N-ethyl adjacent to an activating group) is 1. The van der Waals surface area contributed by atoms with E-state index in [0.717, 1.165) is 47.4 Å². The predicted octanol–water partition coefficient (Wildman–Crippen LogP) is 6.62. The van der Waals surface area contributed by atoms with E-state index in [1.807, 2.05) is 30.3 Å². The minimum Gasteiger partial charge on any atom is -0.404 e. The molecule has 1 saturated carbocycles. The number of H-pyrrole nitrogens is 1. The van der Waals surface area contributed by atoms with Crippen molar-refractivity contribution in [2.45, 2.75) is 71.2 Å². The first-order valence-electron chi connectivity index (χ1n) is 17.7. The minimum atomic E-state index is -1.58. The molecule has 4 unspecified atom stereocenters. The molecule has 7 rings (SSSR count). The van der Waals surface area contributed by atoms with Gasteiger partial charge < -0.3 is 24.9 Å². The fourth-order valence-electron chi connectivity index (χ4n) is 7.52. The van der Waals surface area contributed by atoms with Crippen LogP contribution in [-0.4, -0.2) is 67.5 Å². The summed E-state index contributed by atoms with van der Waals surface area (Å²) in [7, 11) is 0.508. The van der Waals surface area contributed by atoms with E-state index in [0.29, 0.717) is 28.6 Å². The molecule has 1 aliphatic carbocycles. The van der Waals surface area contributed by atoms with Crippen LogP contribution in [0.2, 0.25) is 5.02 Å². The van der Waals surface area contributed by atoms with Crippen molar-refractivity contribution in [3.05, 3.63) is 111 Å². The smallest absolute Gasteiger partial charge is 0.283 e. The molecule has 0 spiro atoms. The number of aromatic nitrogens is 2. The first-order valence-corrected chi connectivity index (χ1v) is 20.3. The second-order valence-electron chi connectivity index (χ2n) is 15.0. The van der Waals surface area contributed by atoms with Crippen molar-refractivity contribution in [1.82, 2.24) is 25.5 Å². The van der Waals surface area contributed by atoms with Crippen molar-refractivity contribution in [2.75, 3.05) is 13.6 Å². The molecule has 1 radical (unpaired) electrons. The van der Waals surface area contributed by atoms with Crippen LogP contribution in [0.15, 0.2) is 84.9 Å². The number of fused-ring (bicyclic) bond motifs is 2. The molecule has 52 heavy (non-hydrogen) atoms. The quantitative estimate of drug-likeness (QED) is 0.146. The lowest BCUT2D eigenvalue weighted by atomic mass is 9.72. The van der Waals surface area contributed by atoms with E-state index in [2.05, 4.69) is 96.9 Å². The van der Waals surface area contributed by atoms with Gasteiger partial charge >= 0.3 is 0 Å². The Balaban J connectivity index is 0.00000464. The molecule has 4 atom stereocenters. The van der Waals surface area contributed by atoms with Gasteiger partial charge in [0.2, 0.25) is 0 Å². The summed E-state index contributed by atoms with van der Waals surface area (Å²) in [5, 5.41) is 11.0. The summed E-state index contributed by atoms with van der Waals surface area (Å²) in [5.41, 5.74) is 2.15. The van der Waals surface area contributed by atoms with Crippen LogP contribution in [0.5, 0.6) is 0 Å². The third-order valence-corrected chi connectivity index (χ3v) is 13.6. The zero-order valence-electron chi connectivity index (χ0n) is 29.9. The molecule has 2 aliphatic rings. The average Bonchev–Trinajstić information content (AvgIpc) is 3.74. The largest absolute Gasteiger partial charge is 0.404 e. The van der Waals surface area contributed by atoms with Gasteiger partial charge in [0.15, 0.2) is 5.01 Å². The van der Waals surface area contributed by atoms with Crippen molar-refractivity contribution in [3.8, 4) is 0 Å². The van der Waals surface area contributed by atoms with Gasteiger partial charge in [-0.2, -0.15) is 0 Å². The fourth-order valence-corrected chi connectivity index (χ4v) is 11.2. The van der Waals surface area contributed by atoms with Crippen molar-refractivity contribution in [3.63, 3.8) is 0 Å². The highest BCUT2D eigenvalue weighted by molar-refractivity contribution is 7.13. The zero-order chi connectivity index (χ0) is 35.7. The topological polar surface area (TPSA) is 99.3 Å². The van der Waals surface area contributed by atoms with E-state index >= 15 is 0 Å². The lowest BCUT2D eigenvalue weighted by Crippen LogP contribution is -2.58. The molecular formula is C40H46Cl2N5O3SSi. The highest BCUT2D eigenvalue weighted by Gasteiger charge is 2.42. The summed E-state index contributed by atoms with van der Waals surface area (Å²) < 4.78 is 7.33. The number of hydrogen-bond acceptors (Lipinski definition) is 6. The van der Waals surface area contributed by atoms with Crippen LogP contribution in [0.25, 0.3) is 10.9 Å². The van der Waals surface area contributed by atoms with Gasteiger partial charge in [-0.3, -0.25) is 9.59 Å². The van der Waals surface area contributed by atoms with Gasteiger partial charge in [0, 0.05) is 52.4 Å². The summed E-state index contributed by atoms with van der Waals surface area (Å²) in [4.78, 5) is 39.1. The standard InChI is InChI=1S/C40H45ClN5O3SSi.ClH/c1-40(2,3)36(49-51(28-11-7-5-8-12-28)29-13-9-6-10-14-29)25-15-17-31(43-37(47)34-23-26-21-27(41)16-18-30(26)42-34)33(22-25)44-38(48)39-45-32-19-20-46(4)24-35(32)50-39;/h5-14,16,18,21,23,25,31,33,36,42H,15,17,19-20,22,24H2,1-4H3,(H,43,47)(H,44,48);1H. The molecular weight excluding hydrogens is 730 g/mol. The van der Waals surface area contributed by atoms with Crippen molar-refractivity contribution >= 4 is 77.5 Å². The number of carbonyl (C=O) groups is 2. The number of carbonyl (C=O) groups excluding carboxylic acids is 2. The molecule has 3 N–H and O–H groups in total. The lowest BCUT2D eigenvalue weighted by molar-refractivity contribution is 0.00933. The van der Waals surface area contributed by atoms with E-state index < -0.39 is 9.04 Å². The third-order valence-electron chi connectivity index (χ3n) is 10.1. The van der Waals surface area contributed by atoms with Gasteiger partial charge in [0.25, 0.3) is 20.9 Å². The molecule has 5 aromatic rings. The molecule has 273 valence electrons. The molecule has 2 aromatic heterocycles. The van der Waals surface area contributed by atoms with Crippen LogP contribution in [0.1, 0.15) is 70.9 Å². The molecule has 3 heterocycles. The normalized spacial score (nSPS) is 19.8. The maximum Gasteiger partial charge on any atom is 0.283 e. The van der Waals surface area contributed by atoms with Crippen molar-refractivity contribution in [1.29, 1.82) is 0 Å². The summed E-state index contributed by atoms with van der Waals surface area (Å²) in [6.45, 7) is 8.47. The minimum absolute atomic E-state index is 0. The second kappa shape index (κ2) is 16.2. The van der Waals surface area contributed by atoms with E-state index in [-0.39, 0.29) is 53.7 Å². The number of nitrogens with one attached hydrogen (secondary N) is 3. The Hall–Kier alpha value is -3.51. The van der Waals surface area contributed by atoms with Gasteiger partial charge in [-0.05, 0) is 72.3 Å². The maximum absolute atomic E-state index is 13.9. The highest BCUT2D eigenvalue weighted by atomic mass is 35.5. The summed E-state index contributed by atoms with van der Waals surface area (Å²) in [6.07, 6.45) is 2.95. The number of benzene rings is 3. The molecule has 0 bridgehead atoms. The van der Waals surface area contributed by atoms with Crippen LogP contribution in [0.3, 0.4) is 0 Å². The van der Waals surface area contributed by atoms with E-state index in [4.69, 9.17) is 21.0 Å². The van der Waals surface area contributed by atoms with Gasteiger partial charge in [0.1, 0.15) is 5.69 Å². The number of amides is 2. The first kappa shape index (κ1) is 38.2. The number of hydrogen-bond donors (Lipinski definition) is 3. The third kappa shape index (κ3) is 8.64. The van der Waals surface area contributed by atoms with Crippen LogP contribution in [0, 0.1) is 11.3 Å². The van der Waals surface area contributed by atoms with E-state index in [9.17, 15) is 9.59 Å². The second-order valence-corrected chi connectivity index (χ2v) is 18.6. The van der Waals surface area contributed by atoms with Gasteiger partial charge in [-0.25, -0.2) is 4.98 Å². The van der Waals surface area contributed by atoms with Crippen LogP contribution < -0.4 is 21.0 Å². The molecule has 3 aromatic carbocycles. The predicted molar refractivity (Wildman–Crippen MR) is 215 cm³/mol. The van der Waals surface area contributed by atoms with Crippen LogP contribution in [0.4, 0.5) is 0 Å². The number of aromatic amines is 1. The Kier molecular flexibility index (Phi) is 11.9. The molecule has 1 fully saturated rings. The van der Waals surface area contributed by atoms with E-state index in [1.54, 1.807) is 6.07 Å². The lowest BCUT2D eigenvalue weighted by Gasteiger charge is -2.45. The maximum atomic E-state index is 13.9. The zero-order valence-corrected chi connectivity index (χ0v) is 33.3. The van der Waals surface area contributed by atoms with Gasteiger partial charge in [0.05, 0.1) is 11.8 Å². The first-order chi connectivity index (χ1) is 24.5. The van der Waals surface area contributed by atoms with E-state index in [1.165, 1.54) is 21.7 Å². The van der Waals surface area contributed by atoms with Crippen molar-refractivity contribution in [2.24, 2.45) is 11.3 Å². The van der Waals surface area contributed by atoms with Gasteiger partial charge in [-0.15, -0.1) is 23.7 Å². The number of rotatable bonds is 9. The van der Waals surface area contributed by atoms with Crippen LogP contribution in [-0.2, 0) is 17.4 Å². The monoisotopic (exact) mass is 774 g/mol. The molecule has 0 saturated heterocycles. The molecule has 2 amide bonds.